The number of hydrogen-bond acceptors (Lipinski definition) is 4. The van der Waals surface area contributed by atoms with Crippen LogP contribution in [0.1, 0.15) is 57.9 Å². The van der Waals surface area contributed by atoms with Crippen molar-refractivity contribution >= 4 is 23.7 Å². The van der Waals surface area contributed by atoms with Crippen molar-refractivity contribution in [2.75, 3.05) is 18.6 Å². The molecule has 1 fully saturated rings. The van der Waals surface area contributed by atoms with Crippen LogP contribution in [0.15, 0.2) is 24.3 Å². The quantitative estimate of drug-likeness (QED) is 0.673. The first-order valence-corrected chi connectivity index (χ1v) is 10.7. The molecule has 1 aliphatic heterocycles. The maximum absolute atomic E-state index is 13.4. The van der Waals surface area contributed by atoms with Crippen molar-refractivity contribution < 1.29 is 24.2 Å². The van der Waals surface area contributed by atoms with Crippen LogP contribution in [0.5, 0.6) is 0 Å². The number of unbranched alkanes of at least 4 members (excludes halogenated alkanes) is 1. The molecule has 2 N–H and O–H groups in total. The van der Waals surface area contributed by atoms with Crippen molar-refractivity contribution in [3.05, 3.63) is 29.8 Å². The van der Waals surface area contributed by atoms with Crippen molar-refractivity contribution in [1.29, 1.82) is 0 Å². The lowest BCUT2D eigenvalue weighted by molar-refractivity contribution is -0.154. The first kappa shape index (κ1) is 22.1. The highest BCUT2D eigenvalue weighted by Crippen LogP contribution is 2.63. The SMILES string of the molecule is CCCCC(C)(C(=O)O)C1(CC(=O)N2CC(NC(=O)OC)Cc3ccccc32)CC1. The van der Waals surface area contributed by atoms with Crippen LogP contribution in [-0.4, -0.2) is 42.8 Å². The maximum atomic E-state index is 13.4. The molecule has 30 heavy (non-hydrogen) atoms. The number of aliphatic carboxylic acids is 1. The van der Waals surface area contributed by atoms with Gasteiger partial charge in [-0.15, -0.1) is 0 Å². The minimum absolute atomic E-state index is 0.0831. The molecular formula is C23H32N2O5. The summed E-state index contributed by atoms with van der Waals surface area (Å²) in [7, 11) is 1.31. The number of ether oxygens (including phenoxy) is 1. The van der Waals surface area contributed by atoms with E-state index in [0.29, 0.717) is 19.4 Å². The van der Waals surface area contributed by atoms with Crippen LogP contribution < -0.4 is 10.2 Å². The Kier molecular flexibility index (Phi) is 6.38. The van der Waals surface area contributed by atoms with E-state index < -0.39 is 22.9 Å². The Balaban J connectivity index is 1.83. The molecule has 2 amide bonds. The summed E-state index contributed by atoms with van der Waals surface area (Å²) in [5, 5.41) is 12.8. The molecule has 1 aromatic carbocycles. The fraction of sp³-hybridized carbons (Fsp3) is 0.609. The van der Waals surface area contributed by atoms with E-state index in [0.717, 1.165) is 36.9 Å². The third kappa shape index (κ3) is 4.16. The van der Waals surface area contributed by atoms with Crippen molar-refractivity contribution in [3.63, 3.8) is 0 Å². The number of methoxy groups -OCH3 is 1. The first-order valence-electron chi connectivity index (χ1n) is 10.7. The molecule has 2 atom stereocenters. The molecule has 0 radical (unpaired) electrons. The summed E-state index contributed by atoms with van der Waals surface area (Å²) >= 11 is 0. The molecular weight excluding hydrogens is 384 g/mol. The zero-order chi connectivity index (χ0) is 21.9. The van der Waals surface area contributed by atoms with Gasteiger partial charge in [0.2, 0.25) is 5.91 Å². The number of carbonyl (C=O) groups is 3. The normalized spacial score (nSPS) is 21.2. The van der Waals surface area contributed by atoms with Crippen LogP contribution in [0.3, 0.4) is 0 Å². The van der Waals surface area contributed by atoms with Crippen LogP contribution in [-0.2, 0) is 20.7 Å². The van der Waals surface area contributed by atoms with Crippen LogP contribution in [0.25, 0.3) is 0 Å². The molecule has 1 aromatic rings. The molecule has 0 bridgehead atoms. The van der Waals surface area contributed by atoms with Crippen LogP contribution in [0, 0.1) is 10.8 Å². The second-order valence-electron chi connectivity index (χ2n) is 8.87. The number of carbonyl (C=O) groups excluding carboxylic acids is 2. The Morgan fingerprint density at radius 1 is 1.30 bits per heavy atom. The number of benzene rings is 1. The molecule has 164 valence electrons. The molecule has 2 unspecified atom stereocenters. The highest BCUT2D eigenvalue weighted by Gasteiger charge is 2.61. The number of fused-ring (bicyclic) bond motifs is 1. The van der Waals surface area contributed by atoms with Crippen molar-refractivity contribution in [1.82, 2.24) is 5.32 Å². The number of hydrogen-bond donors (Lipinski definition) is 2. The van der Waals surface area contributed by atoms with Gasteiger partial charge >= 0.3 is 12.1 Å². The van der Waals surface area contributed by atoms with Gasteiger partial charge in [-0.1, -0.05) is 38.0 Å². The Bertz CT molecular complexity index is 820. The van der Waals surface area contributed by atoms with E-state index in [1.54, 1.807) is 11.8 Å². The average Bonchev–Trinajstić information content (AvgIpc) is 3.51. The zero-order valence-corrected chi connectivity index (χ0v) is 18.1. The number of carboxylic acids is 1. The average molecular weight is 417 g/mol. The van der Waals surface area contributed by atoms with Gasteiger partial charge < -0.3 is 20.1 Å². The molecule has 0 saturated heterocycles. The van der Waals surface area contributed by atoms with E-state index >= 15 is 0 Å². The van der Waals surface area contributed by atoms with Crippen LogP contribution in [0.2, 0.25) is 0 Å². The molecule has 0 aromatic heterocycles. The smallest absolute Gasteiger partial charge is 0.407 e. The molecule has 1 saturated carbocycles. The fourth-order valence-corrected chi connectivity index (χ4v) is 4.74. The third-order valence-corrected chi connectivity index (χ3v) is 6.98. The Hall–Kier alpha value is -2.57. The van der Waals surface area contributed by atoms with Crippen molar-refractivity contribution in [3.8, 4) is 0 Å². The van der Waals surface area contributed by atoms with Gasteiger partial charge in [-0.2, -0.15) is 0 Å². The van der Waals surface area contributed by atoms with E-state index in [4.69, 9.17) is 4.74 Å². The van der Waals surface area contributed by atoms with Gasteiger partial charge in [0.05, 0.1) is 18.6 Å². The lowest BCUT2D eigenvalue weighted by Crippen LogP contribution is -2.51. The van der Waals surface area contributed by atoms with Gasteiger partial charge in [0.15, 0.2) is 0 Å². The van der Waals surface area contributed by atoms with Gasteiger partial charge in [0, 0.05) is 18.7 Å². The van der Waals surface area contributed by atoms with Gasteiger partial charge in [-0.05, 0) is 49.7 Å². The van der Waals surface area contributed by atoms with Crippen molar-refractivity contribution in [2.45, 2.75) is 64.8 Å². The summed E-state index contributed by atoms with van der Waals surface area (Å²) in [5.74, 6) is -0.897. The topological polar surface area (TPSA) is 95.9 Å². The number of rotatable bonds is 8. The monoisotopic (exact) mass is 416 g/mol. The lowest BCUT2D eigenvalue weighted by Gasteiger charge is -2.38. The van der Waals surface area contributed by atoms with Gasteiger partial charge in [-0.3, -0.25) is 9.59 Å². The fourth-order valence-electron chi connectivity index (χ4n) is 4.74. The number of alkyl carbamates (subject to hydrolysis) is 1. The number of para-hydroxylation sites is 1. The summed E-state index contributed by atoms with van der Waals surface area (Å²) in [6, 6.07) is 7.42. The second-order valence-corrected chi connectivity index (χ2v) is 8.87. The molecule has 1 aliphatic carbocycles. The van der Waals surface area contributed by atoms with Gasteiger partial charge in [0.25, 0.3) is 0 Å². The highest BCUT2D eigenvalue weighted by molar-refractivity contribution is 5.96. The summed E-state index contributed by atoms with van der Waals surface area (Å²) in [6.07, 6.45) is 4.14. The third-order valence-electron chi connectivity index (χ3n) is 6.98. The highest BCUT2D eigenvalue weighted by atomic mass is 16.5. The second kappa shape index (κ2) is 8.66. The predicted molar refractivity (Wildman–Crippen MR) is 113 cm³/mol. The Morgan fingerprint density at radius 2 is 2.00 bits per heavy atom. The minimum atomic E-state index is -0.905. The number of amides is 2. The van der Waals surface area contributed by atoms with Crippen LogP contribution >= 0.6 is 0 Å². The van der Waals surface area contributed by atoms with Crippen LogP contribution in [0.4, 0.5) is 10.5 Å². The molecule has 0 spiro atoms. The summed E-state index contributed by atoms with van der Waals surface area (Å²) < 4.78 is 4.72. The molecule has 7 heteroatoms. The molecule has 3 rings (SSSR count). The van der Waals surface area contributed by atoms with E-state index in [9.17, 15) is 19.5 Å². The van der Waals surface area contributed by atoms with Gasteiger partial charge in [0.1, 0.15) is 0 Å². The Morgan fingerprint density at radius 3 is 2.60 bits per heavy atom. The minimum Gasteiger partial charge on any atom is -0.481 e. The predicted octanol–water partition coefficient (Wildman–Crippen LogP) is 3.75. The zero-order valence-electron chi connectivity index (χ0n) is 18.1. The molecule has 7 nitrogen and oxygen atoms in total. The summed E-state index contributed by atoms with van der Waals surface area (Å²) in [5.41, 5.74) is 0.419. The lowest BCUT2D eigenvalue weighted by atomic mass is 9.69. The molecule has 2 aliphatic rings. The molecule has 1 heterocycles. The van der Waals surface area contributed by atoms with E-state index in [2.05, 4.69) is 5.32 Å². The largest absolute Gasteiger partial charge is 0.481 e. The number of nitrogens with zero attached hydrogens (tertiary/aromatic N) is 1. The Labute approximate surface area is 177 Å². The standard InChI is InChI=1S/C23H32N2O5/c1-4-5-10-22(2,20(27)28)23(11-12-23)14-19(26)25-15-17(24-21(29)30-3)13-16-8-6-7-9-18(16)25/h6-9,17H,4-5,10-15H2,1-3H3,(H,24,29)(H,27,28). The number of anilines is 1. The van der Waals surface area contributed by atoms with E-state index in [1.807, 2.05) is 31.2 Å². The first-order chi connectivity index (χ1) is 14.3. The number of nitrogens with one attached hydrogen (secondary N) is 1. The van der Waals surface area contributed by atoms with E-state index in [1.165, 1.54) is 7.11 Å². The summed E-state index contributed by atoms with van der Waals surface area (Å²) in [4.78, 5) is 39.1. The van der Waals surface area contributed by atoms with E-state index in [-0.39, 0.29) is 18.4 Å². The summed E-state index contributed by atoms with van der Waals surface area (Å²) in [6.45, 7) is 4.20. The van der Waals surface area contributed by atoms with Crippen molar-refractivity contribution in [2.24, 2.45) is 10.8 Å². The van der Waals surface area contributed by atoms with Gasteiger partial charge in [-0.25, -0.2) is 4.79 Å². The number of carboxylic acid groups (broad SMARTS) is 1. The maximum Gasteiger partial charge on any atom is 0.407 e.